The number of halogens is 1. The van der Waals surface area contributed by atoms with Crippen LogP contribution in [0.4, 0.5) is 0 Å². The summed E-state index contributed by atoms with van der Waals surface area (Å²) in [5, 5.41) is 4.23. The van der Waals surface area contributed by atoms with Crippen LogP contribution in [0.1, 0.15) is 58.3 Å². The fourth-order valence-electron chi connectivity index (χ4n) is 2.55. The number of alkyl halides is 1. The number of amides is 1. The maximum Gasteiger partial charge on any atom is 0.220 e. The van der Waals surface area contributed by atoms with Crippen LogP contribution >= 0.6 is 15.9 Å². The SMILES string of the molecule is CCC1CCCCC1NC(=O)CCCCBr. The normalized spacial score (nSPS) is 25.4. The molecule has 1 fully saturated rings. The molecule has 16 heavy (non-hydrogen) atoms. The van der Waals surface area contributed by atoms with E-state index in [0.717, 1.165) is 18.2 Å². The molecule has 1 aliphatic rings. The maximum absolute atomic E-state index is 11.7. The second-order valence-corrected chi connectivity index (χ2v) is 5.57. The molecule has 1 rings (SSSR count). The second kappa shape index (κ2) is 8.10. The molecule has 0 radical (unpaired) electrons. The van der Waals surface area contributed by atoms with E-state index in [-0.39, 0.29) is 5.91 Å². The van der Waals surface area contributed by atoms with Gasteiger partial charge < -0.3 is 5.32 Å². The zero-order valence-corrected chi connectivity index (χ0v) is 11.9. The Hall–Kier alpha value is -0.0500. The third-order valence-corrected chi connectivity index (χ3v) is 4.13. The highest BCUT2D eigenvalue weighted by Crippen LogP contribution is 2.26. The van der Waals surface area contributed by atoms with Gasteiger partial charge in [-0.2, -0.15) is 0 Å². The van der Waals surface area contributed by atoms with Crippen molar-refractivity contribution in [1.82, 2.24) is 5.32 Å². The van der Waals surface area contributed by atoms with Gasteiger partial charge in [-0.25, -0.2) is 0 Å². The lowest BCUT2D eigenvalue weighted by molar-refractivity contribution is -0.122. The minimum Gasteiger partial charge on any atom is -0.353 e. The summed E-state index contributed by atoms with van der Waals surface area (Å²) in [5.41, 5.74) is 0. The topological polar surface area (TPSA) is 29.1 Å². The van der Waals surface area contributed by atoms with E-state index in [1.165, 1.54) is 32.1 Å². The van der Waals surface area contributed by atoms with Crippen molar-refractivity contribution in [2.24, 2.45) is 5.92 Å². The number of nitrogens with one attached hydrogen (secondary N) is 1. The molecule has 2 unspecified atom stereocenters. The molecule has 0 aromatic carbocycles. The molecule has 0 aromatic heterocycles. The number of hydrogen-bond acceptors (Lipinski definition) is 1. The standard InChI is InChI=1S/C13H24BrNO/c1-2-11-7-3-4-8-12(11)15-13(16)9-5-6-10-14/h11-12H,2-10H2,1H3,(H,15,16). The summed E-state index contributed by atoms with van der Waals surface area (Å²) in [7, 11) is 0. The monoisotopic (exact) mass is 289 g/mol. The van der Waals surface area contributed by atoms with E-state index in [1.54, 1.807) is 0 Å². The fraction of sp³-hybridized carbons (Fsp3) is 0.923. The van der Waals surface area contributed by atoms with Gasteiger partial charge in [0.15, 0.2) is 0 Å². The molecule has 0 aromatic rings. The Morgan fingerprint density at radius 3 is 2.75 bits per heavy atom. The van der Waals surface area contributed by atoms with Crippen molar-refractivity contribution >= 4 is 21.8 Å². The first kappa shape index (κ1) is 14.0. The van der Waals surface area contributed by atoms with Crippen LogP contribution in [0.3, 0.4) is 0 Å². The largest absolute Gasteiger partial charge is 0.353 e. The molecular formula is C13H24BrNO. The van der Waals surface area contributed by atoms with E-state index in [0.29, 0.717) is 18.4 Å². The quantitative estimate of drug-likeness (QED) is 0.587. The molecule has 0 bridgehead atoms. The van der Waals surface area contributed by atoms with Gasteiger partial charge in [-0.1, -0.05) is 42.1 Å². The van der Waals surface area contributed by atoms with Crippen molar-refractivity contribution in [2.45, 2.75) is 64.3 Å². The zero-order chi connectivity index (χ0) is 11.8. The molecule has 1 saturated carbocycles. The third kappa shape index (κ3) is 4.86. The third-order valence-electron chi connectivity index (χ3n) is 3.57. The smallest absolute Gasteiger partial charge is 0.220 e. The minimum atomic E-state index is 0.256. The molecular weight excluding hydrogens is 266 g/mol. The highest BCUT2D eigenvalue weighted by molar-refractivity contribution is 9.09. The molecule has 0 aliphatic heterocycles. The summed E-state index contributed by atoms with van der Waals surface area (Å²) >= 11 is 3.39. The Balaban J connectivity index is 2.25. The lowest BCUT2D eigenvalue weighted by Gasteiger charge is -2.31. The van der Waals surface area contributed by atoms with Gasteiger partial charge in [-0.05, 0) is 31.6 Å². The van der Waals surface area contributed by atoms with Crippen LogP contribution in [0.5, 0.6) is 0 Å². The van der Waals surface area contributed by atoms with Crippen LogP contribution in [0.25, 0.3) is 0 Å². The molecule has 0 heterocycles. The molecule has 2 nitrogen and oxygen atoms in total. The number of hydrogen-bond donors (Lipinski definition) is 1. The van der Waals surface area contributed by atoms with Crippen molar-refractivity contribution < 1.29 is 4.79 Å². The fourth-order valence-corrected chi connectivity index (χ4v) is 2.94. The van der Waals surface area contributed by atoms with Crippen molar-refractivity contribution in [1.29, 1.82) is 0 Å². The molecule has 1 N–H and O–H groups in total. The summed E-state index contributed by atoms with van der Waals surface area (Å²) < 4.78 is 0. The van der Waals surface area contributed by atoms with E-state index < -0.39 is 0 Å². The summed E-state index contributed by atoms with van der Waals surface area (Å²) in [6.07, 6.45) is 9.09. The predicted octanol–water partition coefficient (Wildman–Crippen LogP) is 3.64. The average molecular weight is 290 g/mol. The van der Waals surface area contributed by atoms with Crippen molar-refractivity contribution in [2.75, 3.05) is 5.33 Å². The lowest BCUT2D eigenvalue weighted by Crippen LogP contribution is -2.41. The van der Waals surface area contributed by atoms with Crippen LogP contribution in [-0.2, 0) is 4.79 Å². The Morgan fingerprint density at radius 1 is 1.31 bits per heavy atom. The summed E-state index contributed by atoms with van der Waals surface area (Å²) in [6.45, 7) is 2.24. The first-order valence-electron chi connectivity index (χ1n) is 6.63. The Labute approximate surface area is 108 Å². The van der Waals surface area contributed by atoms with Gasteiger partial charge in [0.25, 0.3) is 0 Å². The number of carbonyl (C=O) groups is 1. The van der Waals surface area contributed by atoms with Gasteiger partial charge in [-0.3, -0.25) is 4.79 Å². The van der Waals surface area contributed by atoms with Gasteiger partial charge >= 0.3 is 0 Å². The Bertz CT molecular complexity index is 208. The molecule has 3 heteroatoms. The molecule has 0 saturated heterocycles. The zero-order valence-electron chi connectivity index (χ0n) is 10.3. The Morgan fingerprint density at radius 2 is 2.06 bits per heavy atom. The van der Waals surface area contributed by atoms with E-state index in [1.807, 2.05) is 0 Å². The highest BCUT2D eigenvalue weighted by Gasteiger charge is 2.24. The van der Waals surface area contributed by atoms with E-state index in [2.05, 4.69) is 28.2 Å². The summed E-state index contributed by atoms with van der Waals surface area (Å²) in [5.74, 6) is 0.972. The number of carbonyl (C=O) groups excluding carboxylic acids is 1. The first-order valence-corrected chi connectivity index (χ1v) is 7.75. The van der Waals surface area contributed by atoms with Gasteiger partial charge in [0, 0.05) is 17.8 Å². The van der Waals surface area contributed by atoms with E-state index >= 15 is 0 Å². The van der Waals surface area contributed by atoms with Gasteiger partial charge in [0.05, 0.1) is 0 Å². The van der Waals surface area contributed by atoms with Crippen LogP contribution in [0, 0.1) is 5.92 Å². The van der Waals surface area contributed by atoms with Crippen LogP contribution < -0.4 is 5.32 Å². The van der Waals surface area contributed by atoms with Crippen molar-refractivity contribution in [3.63, 3.8) is 0 Å². The second-order valence-electron chi connectivity index (χ2n) is 4.77. The van der Waals surface area contributed by atoms with Crippen LogP contribution in [-0.4, -0.2) is 17.3 Å². The maximum atomic E-state index is 11.7. The first-order chi connectivity index (χ1) is 7.77. The van der Waals surface area contributed by atoms with Gasteiger partial charge in [0.1, 0.15) is 0 Å². The summed E-state index contributed by atoms with van der Waals surface area (Å²) in [6, 6.07) is 0.454. The van der Waals surface area contributed by atoms with Crippen molar-refractivity contribution in [3.8, 4) is 0 Å². The predicted molar refractivity (Wildman–Crippen MR) is 71.8 cm³/mol. The molecule has 0 spiro atoms. The molecule has 94 valence electrons. The number of unbranched alkanes of at least 4 members (excludes halogenated alkanes) is 1. The number of rotatable bonds is 6. The Kier molecular flexibility index (Phi) is 7.10. The molecule has 1 aliphatic carbocycles. The minimum absolute atomic E-state index is 0.256. The average Bonchev–Trinajstić information content (AvgIpc) is 2.30. The van der Waals surface area contributed by atoms with Crippen molar-refractivity contribution in [3.05, 3.63) is 0 Å². The molecule has 1 amide bonds. The highest BCUT2D eigenvalue weighted by atomic mass is 79.9. The van der Waals surface area contributed by atoms with Crippen LogP contribution in [0.2, 0.25) is 0 Å². The van der Waals surface area contributed by atoms with Gasteiger partial charge in [0.2, 0.25) is 5.91 Å². The summed E-state index contributed by atoms with van der Waals surface area (Å²) in [4.78, 5) is 11.7. The molecule has 2 atom stereocenters. The van der Waals surface area contributed by atoms with Crippen LogP contribution in [0.15, 0.2) is 0 Å². The van der Waals surface area contributed by atoms with E-state index in [4.69, 9.17) is 0 Å². The lowest BCUT2D eigenvalue weighted by atomic mass is 9.83. The van der Waals surface area contributed by atoms with Gasteiger partial charge in [-0.15, -0.1) is 0 Å². The van der Waals surface area contributed by atoms with E-state index in [9.17, 15) is 4.79 Å².